The Morgan fingerprint density at radius 2 is 2.12 bits per heavy atom. The van der Waals surface area contributed by atoms with Crippen LogP contribution in [-0.4, -0.2) is 25.2 Å². The third-order valence-electron chi connectivity index (χ3n) is 1.93. The highest BCUT2D eigenvalue weighted by atomic mass is 32.2. The molecule has 0 aliphatic carbocycles. The Morgan fingerprint density at radius 1 is 1.50 bits per heavy atom. The van der Waals surface area contributed by atoms with Crippen LogP contribution in [0.3, 0.4) is 0 Å². The third kappa shape index (κ3) is 3.07. The van der Waals surface area contributed by atoms with E-state index in [2.05, 4.69) is 9.71 Å². The van der Waals surface area contributed by atoms with E-state index in [1.807, 2.05) is 0 Å². The molecule has 0 radical (unpaired) electrons. The van der Waals surface area contributed by atoms with Crippen molar-refractivity contribution in [1.29, 1.82) is 0 Å². The first kappa shape index (κ1) is 12.7. The molecule has 1 heterocycles. The molecule has 1 atom stereocenters. The summed E-state index contributed by atoms with van der Waals surface area (Å²) in [4.78, 5) is 14.0. The number of hydrogen-bond acceptors (Lipinski definition) is 4. The summed E-state index contributed by atoms with van der Waals surface area (Å²) in [7, 11) is -3.90. The second-order valence-electron chi connectivity index (χ2n) is 3.29. The van der Waals surface area contributed by atoms with Crippen molar-refractivity contribution in [2.75, 3.05) is 0 Å². The van der Waals surface area contributed by atoms with E-state index >= 15 is 0 Å². The molecule has 7 heteroatoms. The van der Waals surface area contributed by atoms with Crippen molar-refractivity contribution in [2.24, 2.45) is 0 Å². The quantitative estimate of drug-likeness (QED) is 0.838. The van der Waals surface area contributed by atoms with Crippen molar-refractivity contribution < 1.29 is 17.6 Å². The minimum atomic E-state index is -3.90. The molecule has 0 fully saturated rings. The number of carbonyl (C=O) groups is 1. The summed E-state index contributed by atoms with van der Waals surface area (Å²) in [5.74, 6) is -1.08. The van der Waals surface area contributed by atoms with Crippen molar-refractivity contribution in [3.05, 3.63) is 24.3 Å². The molecule has 1 N–H and O–H groups in total. The SMILES string of the molecule is CC(=O)C(C)NS(=O)(=O)c1cncc(F)c1. The van der Waals surface area contributed by atoms with Crippen molar-refractivity contribution in [3.63, 3.8) is 0 Å². The molecule has 0 aliphatic rings. The molecule has 0 saturated carbocycles. The van der Waals surface area contributed by atoms with Crippen molar-refractivity contribution in [3.8, 4) is 0 Å². The number of nitrogens with one attached hydrogen (secondary N) is 1. The average molecular weight is 246 g/mol. The normalized spacial score (nSPS) is 13.4. The van der Waals surface area contributed by atoms with Crippen LogP contribution in [0.5, 0.6) is 0 Å². The van der Waals surface area contributed by atoms with Crippen LogP contribution in [0, 0.1) is 5.82 Å². The lowest BCUT2D eigenvalue weighted by atomic mass is 10.3. The maximum absolute atomic E-state index is 12.8. The highest BCUT2D eigenvalue weighted by molar-refractivity contribution is 7.89. The first-order chi connectivity index (χ1) is 7.33. The summed E-state index contributed by atoms with van der Waals surface area (Å²) >= 11 is 0. The number of aromatic nitrogens is 1. The third-order valence-corrected chi connectivity index (χ3v) is 3.44. The molecule has 5 nitrogen and oxygen atoms in total. The highest BCUT2D eigenvalue weighted by Crippen LogP contribution is 2.09. The van der Waals surface area contributed by atoms with E-state index in [0.29, 0.717) is 0 Å². The molecule has 0 saturated heterocycles. The monoisotopic (exact) mass is 246 g/mol. The van der Waals surface area contributed by atoms with Crippen LogP contribution in [0.2, 0.25) is 0 Å². The van der Waals surface area contributed by atoms with Gasteiger partial charge in [-0.25, -0.2) is 17.5 Å². The maximum Gasteiger partial charge on any atom is 0.242 e. The Labute approximate surface area is 92.7 Å². The molecule has 1 rings (SSSR count). The van der Waals surface area contributed by atoms with Gasteiger partial charge >= 0.3 is 0 Å². The van der Waals surface area contributed by atoms with Crippen LogP contribution in [0.25, 0.3) is 0 Å². The molecule has 1 aromatic rings. The number of ketones is 1. The molecular formula is C9H11FN2O3S. The van der Waals surface area contributed by atoms with E-state index in [9.17, 15) is 17.6 Å². The van der Waals surface area contributed by atoms with Crippen LogP contribution < -0.4 is 4.72 Å². The van der Waals surface area contributed by atoms with E-state index in [1.165, 1.54) is 13.8 Å². The highest BCUT2D eigenvalue weighted by Gasteiger charge is 2.20. The largest absolute Gasteiger partial charge is 0.298 e. The summed E-state index contributed by atoms with van der Waals surface area (Å²) in [5, 5.41) is 0. The molecular weight excluding hydrogens is 235 g/mol. The summed E-state index contributed by atoms with van der Waals surface area (Å²) in [6, 6.07) is -0.0180. The number of nitrogens with zero attached hydrogens (tertiary/aromatic N) is 1. The first-order valence-corrected chi connectivity index (χ1v) is 5.94. The smallest absolute Gasteiger partial charge is 0.242 e. The molecule has 16 heavy (non-hydrogen) atoms. The lowest BCUT2D eigenvalue weighted by molar-refractivity contribution is -0.118. The van der Waals surface area contributed by atoms with Crippen LogP contribution in [0.1, 0.15) is 13.8 Å². The van der Waals surface area contributed by atoms with Crippen molar-refractivity contribution in [1.82, 2.24) is 9.71 Å². The van der Waals surface area contributed by atoms with Gasteiger partial charge in [-0.2, -0.15) is 0 Å². The fraction of sp³-hybridized carbons (Fsp3) is 0.333. The van der Waals surface area contributed by atoms with Crippen LogP contribution in [-0.2, 0) is 14.8 Å². The standard InChI is InChI=1S/C9H11FN2O3S/c1-6(7(2)13)12-16(14,15)9-3-8(10)4-11-5-9/h3-6,12H,1-2H3. The lowest BCUT2D eigenvalue weighted by Crippen LogP contribution is -2.37. The number of hydrogen-bond donors (Lipinski definition) is 1. The average Bonchev–Trinajstić information content (AvgIpc) is 2.17. The van der Waals surface area contributed by atoms with Crippen molar-refractivity contribution >= 4 is 15.8 Å². The molecule has 88 valence electrons. The zero-order valence-corrected chi connectivity index (χ0v) is 9.58. The Hall–Kier alpha value is -1.34. The fourth-order valence-electron chi connectivity index (χ4n) is 0.923. The topological polar surface area (TPSA) is 76.1 Å². The van der Waals surface area contributed by atoms with Gasteiger partial charge in [-0.15, -0.1) is 0 Å². The number of pyridine rings is 1. The van der Waals surface area contributed by atoms with Gasteiger partial charge in [0.05, 0.1) is 12.2 Å². The van der Waals surface area contributed by atoms with Crippen molar-refractivity contribution in [2.45, 2.75) is 24.8 Å². The van der Waals surface area contributed by atoms with E-state index in [0.717, 1.165) is 18.5 Å². The number of carbonyl (C=O) groups excluding carboxylic acids is 1. The zero-order valence-electron chi connectivity index (χ0n) is 8.77. The van der Waals surface area contributed by atoms with Gasteiger partial charge in [-0.1, -0.05) is 0 Å². The van der Waals surface area contributed by atoms with Gasteiger partial charge in [0.2, 0.25) is 10.0 Å². The van der Waals surface area contributed by atoms with Gasteiger partial charge in [0.1, 0.15) is 16.5 Å². The van der Waals surface area contributed by atoms with E-state index in [-0.39, 0.29) is 10.7 Å². The Morgan fingerprint density at radius 3 is 2.62 bits per heavy atom. The second-order valence-corrected chi connectivity index (χ2v) is 5.01. The summed E-state index contributed by atoms with van der Waals surface area (Å²) < 4.78 is 38.1. The lowest BCUT2D eigenvalue weighted by Gasteiger charge is -2.10. The molecule has 0 aliphatic heterocycles. The molecule has 0 aromatic carbocycles. The van der Waals surface area contributed by atoms with E-state index in [4.69, 9.17) is 0 Å². The van der Waals surface area contributed by atoms with Gasteiger partial charge < -0.3 is 0 Å². The Bertz CT molecular complexity index is 501. The van der Waals surface area contributed by atoms with Gasteiger partial charge in [-0.3, -0.25) is 9.78 Å². The number of Topliss-reactive ketones (excluding diaryl/α,β-unsaturated/α-hetero) is 1. The predicted octanol–water partition coefficient (Wildman–Crippen LogP) is 0.477. The Balaban J connectivity index is 2.99. The zero-order chi connectivity index (χ0) is 12.3. The minimum absolute atomic E-state index is 0.305. The molecule has 0 spiro atoms. The predicted molar refractivity (Wildman–Crippen MR) is 54.7 cm³/mol. The van der Waals surface area contributed by atoms with Gasteiger partial charge in [0.15, 0.2) is 0 Å². The molecule has 0 amide bonds. The maximum atomic E-state index is 12.8. The molecule has 1 aromatic heterocycles. The Kier molecular flexibility index (Phi) is 3.71. The molecule has 1 unspecified atom stereocenters. The van der Waals surface area contributed by atoms with E-state index in [1.54, 1.807) is 0 Å². The van der Waals surface area contributed by atoms with Crippen LogP contribution in [0.4, 0.5) is 4.39 Å². The molecule has 0 bridgehead atoms. The van der Waals surface area contributed by atoms with E-state index < -0.39 is 21.9 Å². The van der Waals surface area contributed by atoms with Gasteiger partial charge in [-0.05, 0) is 19.9 Å². The summed E-state index contributed by atoms with van der Waals surface area (Å²) in [6.07, 6.45) is 1.91. The van der Waals surface area contributed by atoms with Gasteiger partial charge in [0, 0.05) is 6.20 Å². The fourth-order valence-corrected chi connectivity index (χ4v) is 2.16. The number of halogens is 1. The second kappa shape index (κ2) is 4.67. The number of sulfonamides is 1. The van der Waals surface area contributed by atoms with Crippen LogP contribution >= 0.6 is 0 Å². The van der Waals surface area contributed by atoms with Crippen LogP contribution in [0.15, 0.2) is 23.4 Å². The summed E-state index contributed by atoms with van der Waals surface area (Å²) in [6.45, 7) is 2.67. The first-order valence-electron chi connectivity index (χ1n) is 4.46. The van der Waals surface area contributed by atoms with Gasteiger partial charge in [0.25, 0.3) is 0 Å². The number of rotatable bonds is 4. The minimum Gasteiger partial charge on any atom is -0.298 e. The summed E-state index contributed by atoms with van der Waals surface area (Å²) in [5.41, 5.74) is 0.